The van der Waals surface area contributed by atoms with Gasteiger partial charge in [-0.15, -0.1) is 0 Å². The Balaban J connectivity index is 2.48. The van der Waals surface area contributed by atoms with E-state index in [4.69, 9.17) is 5.73 Å². The number of ether oxygens (including phenoxy) is 1. The number of rotatable bonds is 5. The van der Waals surface area contributed by atoms with Crippen LogP contribution in [0.25, 0.3) is 0 Å². The minimum absolute atomic E-state index is 0.0105. The molecule has 2 rings (SSSR count). The van der Waals surface area contributed by atoms with E-state index < -0.39 is 21.6 Å². The third-order valence-electron chi connectivity index (χ3n) is 3.84. The van der Waals surface area contributed by atoms with E-state index in [0.717, 1.165) is 18.4 Å². The van der Waals surface area contributed by atoms with Gasteiger partial charge in [-0.3, -0.25) is 4.79 Å². The molecule has 23 heavy (non-hydrogen) atoms. The number of anilines is 1. The number of hydrogen-bond acceptors (Lipinski definition) is 5. The second kappa shape index (κ2) is 6.45. The van der Waals surface area contributed by atoms with Gasteiger partial charge in [0.05, 0.1) is 7.11 Å². The quantitative estimate of drug-likeness (QED) is 0.839. The Hall–Kier alpha value is -2.28. The first-order valence-electron chi connectivity index (χ1n) is 7.06. The van der Waals surface area contributed by atoms with Crippen molar-refractivity contribution in [3.63, 3.8) is 0 Å². The molecule has 0 aliphatic rings. The first-order chi connectivity index (χ1) is 10.8. The highest BCUT2D eigenvalue weighted by Gasteiger charge is 2.29. The third kappa shape index (κ3) is 3.39. The third-order valence-corrected chi connectivity index (χ3v) is 5.59. The van der Waals surface area contributed by atoms with Crippen LogP contribution in [0.5, 0.6) is 0 Å². The number of hydrogen-bond donors (Lipinski definition) is 1. The fourth-order valence-electron chi connectivity index (χ4n) is 2.51. The first kappa shape index (κ1) is 17.1. The van der Waals surface area contributed by atoms with Gasteiger partial charge in [-0.2, -0.15) is 0 Å². The number of nitrogen functional groups attached to an aromatic ring is 1. The summed E-state index contributed by atoms with van der Waals surface area (Å²) < 4.78 is 31.1. The molecule has 7 heteroatoms. The van der Waals surface area contributed by atoms with Crippen LogP contribution >= 0.6 is 0 Å². The van der Waals surface area contributed by atoms with Gasteiger partial charge in [0.15, 0.2) is 15.6 Å². The molecule has 2 aromatic rings. The van der Waals surface area contributed by atoms with Crippen molar-refractivity contribution in [2.75, 3.05) is 18.6 Å². The minimum Gasteiger partial charge on any atom is -0.468 e. The molecule has 0 amide bonds. The SMILES string of the molecule is COC(=O)CS(=O)(=O)c1c(C)c(C)n(Cc2ccccc2)c1N. The van der Waals surface area contributed by atoms with Gasteiger partial charge in [0, 0.05) is 12.2 Å². The maximum atomic E-state index is 12.5. The summed E-state index contributed by atoms with van der Waals surface area (Å²) in [6.45, 7) is 3.97. The Kier molecular flexibility index (Phi) is 4.79. The molecule has 0 aliphatic heterocycles. The summed E-state index contributed by atoms with van der Waals surface area (Å²) in [5.74, 6) is -1.38. The maximum Gasteiger partial charge on any atom is 0.321 e. The highest BCUT2D eigenvalue weighted by Crippen LogP contribution is 2.30. The molecule has 0 aliphatic carbocycles. The molecule has 1 aromatic heterocycles. The molecule has 0 atom stereocenters. The van der Waals surface area contributed by atoms with Gasteiger partial charge >= 0.3 is 5.97 Å². The lowest BCUT2D eigenvalue weighted by Crippen LogP contribution is -2.19. The van der Waals surface area contributed by atoms with E-state index >= 15 is 0 Å². The average molecular weight is 336 g/mol. The van der Waals surface area contributed by atoms with Gasteiger partial charge in [-0.1, -0.05) is 30.3 Å². The van der Waals surface area contributed by atoms with Gasteiger partial charge < -0.3 is 15.0 Å². The lowest BCUT2D eigenvalue weighted by Gasteiger charge is -2.09. The normalized spacial score (nSPS) is 11.4. The largest absolute Gasteiger partial charge is 0.468 e. The molecule has 0 unspecified atom stereocenters. The summed E-state index contributed by atoms with van der Waals surface area (Å²) in [6.07, 6.45) is 0. The van der Waals surface area contributed by atoms with E-state index in [1.807, 2.05) is 37.3 Å². The summed E-state index contributed by atoms with van der Waals surface area (Å²) in [5.41, 5.74) is 8.41. The Morgan fingerprint density at radius 2 is 1.83 bits per heavy atom. The molecule has 0 bridgehead atoms. The molecule has 1 heterocycles. The number of benzene rings is 1. The van der Waals surface area contributed by atoms with E-state index in [1.54, 1.807) is 11.5 Å². The van der Waals surface area contributed by atoms with Crippen molar-refractivity contribution in [3.05, 3.63) is 47.2 Å². The fourth-order valence-corrected chi connectivity index (χ4v) is 4.13. The minimum atomic E-state index is -3.85. The highest BCUT2D eigenvalue weighted by atomic mass is 32.2. The molecule has 1 aromatic carbocycles. The molecular formula is C16H20N2O4S. The van der Waals surface area contributed by atoms with E-state index in [0.29, 0.717) is 12.1 Å². The molecule has 6 nitrogen and oxygen atoms in total. The van der Waals surface area contributed by atoms with Crippen molar-refractivity contribution in [2.45, 2.75) is 25.3 Å². The molecule has 0 saturated heterocycles. The summed E-state index contributed by atoms with van der Waals surface area (Å²) in [5, 5.41) is 0. The molecule has 0 saturated carbocycles. The van der Waals surface area contributed by atoms with Crippen LogP contribution in [0.4, 0.5) is 5.82 Å². The molecule has 0 radical (unpaired) electrons. The Morgan fingerprint density at radius 3 is 2.39 bits per heavy atom. The van der Waals surface area contributed by atoms with Crippen molar-refractivity contribution in [1.29, 1.82) is 0 Å². The van der Waals surface area contributed by atoms with Crippen LogP contribution in [0.15, 0.2) is 35.2 Å². The van der Waals surface area contributed by atoms with E-state index in [1.165, 1.54) is 0 Å². The van der Waals surface area contributed by atoms with Crippen LogP contribution in [0.1, 0.15) is 16.8 Å². The standard InChI is InChI=1S/C16H20N2O4S/c1-11-12(2)18(9-13-7-5-4-6-8-13)16(17)15(11)23(20,21)10-14(19)22-3/h4-8H,9-10,17H2,1-3H3. The lowest BCUT2D eigenvalue weighted by atomic mass is 10.2. The summed E-state index contributed by atoms with van der Waals surface area (Å²) in [4.78, 5) is 11.4. The van der Waals surface area contributed by atoms with Gasteiger partial charge in [0.2, 0.25) is 0 Å². The van der Waals surface area contributed by atoms with Gasteiger partial charge in [-0.25, -0.2) is 8.42 Å². The predicted molar refractivity (Wildman–Crippen MR) is 87.9 cm³/mol. The number of methoxy groups -OCH3 is 1. The van der Waals surface area contributed by atoms with E-state index in [2.05, 4.69) is 4.74 Å². The Labute approximate surface area is 135 Å². The molecule has 0 fully saturated rings. The molecular weight excluding hydrogens is 316 g/mol. The highest BCUT2D eigenvalue weighted by molar-refractivity contribution is 7.92. The van der Waals surface area contributed by atoms with Crippen LogP contribution in [-0.4, -0.2) is 31.8 Å². The number of esters is 1. The first-order valence-corrected chi connectivity index (χ1v) is 8.71. The summed E-state index contributed by atoms with van der Waals surface area (Å²) in [7, 11) is -2.69. The zero-order chi connectivity index (χ0) is 17.2. The lowest BCUT2D eigenvalue weighted by molar-refractivity contribution is -0.137. The van der Waals surface area contributed by atoms with E-state index in [-0.39, 0.29) is 10.7 Å². The number of nitrogens with zero attached hydrogens (tertiary/aromatic N) is 1. The Morgan fingerprint density at radius 1 is 1.22 bits per heavy atom. The number of carbonyl (C=O) groups is 1. The molecule has 2 N–H and O–H groups in total. The predicted octanol–water partition coefficient (Wildman–Crippen LogP) is 1.68. The number of carbonyl (C=O) groups excluding carboxylic acids is 1. The zero-order valence-electron chi connectivity index (χ0n) is 13.4. The van der Waals surface area contributed by atoms with Gasteiger partial charge in [-0.05, 0) is 25.0 Å². The van der Waals surface area contributed by atoms with Crippen LogP contribution in [0.3, 0.4) is 0 Å². The van der Waals surface area contributed by atoms with Gasteiger partial charge in [0.25, 0.3) is 0 Å². The topological polar surface area (TPSA) is 91.4 Å². The Bertz CT molecular complexity index is 824. The van der Waals surface area contributed by atoms with Crippen LogP contribution in [0, 0.1) is 13.8 Å². The monoisotopic (exact) mass is 336 g/mol. The van der Waals surface area contributed by atoms with E-state index in [9.17, 15) is 13.2 Å². The van der Waals surface area contributed by atoms with Crippen LogP contribution in [-0.2, 0) is 25.9 Å². The van der Waals surface area contributed by atoms with Crippen molar-refractivity contribution in [3.8, 4) is 0 Å². The van der Waals surface area contributed by atoms with Crippen LogP contribution in [0.2, 0.25) is 0 Å². The second-order valence-corrected chi connectivity index (χ2v) is 7.26. The van der Waals surface area contributed by atoms with Crippen molar-refractivity contribution in [1.82, 2.24) is 4.57 Å². The molecule has 124 valence electrons. The second-order valence-electron chi connectivity index (χ2n) is 5.33. The van der Waals surface area contributed by atoms with Crippen molar-refractivity contribution < 1.29 is 17.9 Å². The summed E-state index contributed by atoms with van der Waals surface area (Å²) in [6, 6.07) is 9.61. The van der Waals surface area contributed by atoms with Crippen molar-refractivity contribution >= 4 is 21.6 Å². The van der Waals surface area contributed by atoms with Gasteiger partial charge in [0.1, 0.15) is 10.7 Å². The number of sulfone groups is 1. The average Bonchev–Trinajstić information content (AvgIpc) is 2.72. The number of nitrogens with two attached hydrogens (primary N) is 1. The molecule has 0 spiro atoms. The summed E-state index contributed by atoms with van der Waals surface area (Å²) >= 11 is 0. The van der Waals surface area contributed by atoms with Crippen molar-refractivity contribution in [2.24, 2.45) is 0 Å². The smallest absolute Gasteiger partial charge is 0.321 e. The fraction of sp³-hybridized carbons (Fsp3) is 0.312. The maximum absolute atomic E-state index is 12.5. The zero-order valence-corrected chi connectivity index (χ0v) is 14.2. The number of aromatic nitrogens is 1. The van der Waals surface area contributed by atoms with Crippen LogP contribution < -0.4 is 5.73 Å².